The molecule has 0 bridgehead atoms. The molecule has 0 atom stereocenters. The Morgan fingerprint density at radius 2 is 2.00 bits per heavy atom. The van der Waals surface area contributed by atoms with E-state index in [9.17, 15) is 22.8 Å². The number of rotatable bonds is 6. The van der Waals surface area contributed by atoms with Crippen LogP contribution in [0.15, 0.2) is 36.5 Å². The molecule has 0 spiro atoms. The number of nitrogens with one attached hydrogen (secondary N) is 1. The number of halogens is 3. The minimum absolute atomic E-state index is 0.0987. The SMILES string of the molecule is COc1cccc(NC(=O)N(OC(=O)C(F)(F)F)N(CC(C)C)c2ccnc(C#N)n2)c1. The van der Waals surface area contributed by atoms with Gasteiger partial charge in [0, 0.05) is 30.6 Å². The van der Waals surface area contributed by atoms with Crippen molar-refractivity contribution in [3.05, 3.63) is 42.4 Å². The number of hydrazine groups is 1. The van der Waals surface area contributed by atoms with Gasteiger partial charge in [-0.25, -0.2) is 19.6 Å². The van der Waals surface area contributed by atoms with Crippen LogP contribution in [-0.2, 0) is 9.63 Å². The summed E-state index contributed by atoms with van der Waals surface area (Å²) in [4.78, 5) is 36.5. The number of hydroxylamine groups is 1. The third-order valence-corrected chi connectivity index (χ3v) is 3.66. The predicted molar refractivity (Wildman–Crippen MR) is 105 cm³/mol. The van der Waals surface area contributed by atoms with Gasteiger partial charge in [-0.15, -0.1) is 0 Å². The summed E-state index contributed by atoms with van der Waals surface area (Å²) in [6, 6.07) is 7.70. The highest BCUT2D eigenvalue weighted by Crippen LogP contribution is 2.23. The number of nitrogens with zero attached hydrogens (tertiary/aromatic N) is 5. The van der Waals surface area contributed by atoms with Crippen LogP contribution in [0, 0.1) is 17.2 Å². The molecule has 0 aliphatic rings. The molecule has 1 aromatic heterocycles. The number of anilines is 2. The van der Waals surface area contributed by atoms with Crippen LogP contribution in [0.1, 0.15) is 19.7 Å². The molecule has 0 radical (unpaired) electrons. The van der Waals surface area contributed by atoms with Crippen LogP contribution in [0.3, 0.4) is 0 Å². The Hall–Kier alpha value is -4.08. The molecule has 0 aliphatic carbocycles. The zero-order valence-electron chi connectivity index (χ0n) is 17.3. The van der Waals surface area contributed by atoms with Gasteiger partial charge in [-0.3, -0.25) is 0 Å². The molecule has 0 fully saturated rings. The predicted octanol–water partition coefficient (Wildman–Crippen LogP) is 3.29. The van der Waals surface area contributed by atoms with E-state index in [2.05, 4.69) is 20.1 Å². The van der Waals surface area contributed by atoms with Crippen molar-refractivity contribution in [2.24, 2.45) is 5.92 Å². The van der Waals surface area contributed by atoms with Gasteiger partial charge in [0.2, 0.25) is 5.82 Å². The Bertz CT molecular complexity index is 1010. The van der Waals surface area contributed by atoms with Gasteiger partial charge in [0.25, 0.3) is 0 Å². The molecule has 2 rings (SSSR count). The number of hydrogen-bond donors (Lipinski definition) is 1. The van der Waals surface area contributed by atoms with Crippen LogP contribution in [0.5, 0.6) is 5.75 Å². The molecule has 10 nitrogen and oxygen atoms in total. The van der Waals surface area contributed by atoms with Gasteiger partial charge in [0.05, 0.1) is 7.11 Å². The van der Waals surface area contributed by atoms with E-state index in [1.54, 1.807) is 26.0 Å². The van der Waals surface area contributed by atoms with E-state index in [4.69, 9.17) is 10.00 Å². The first kappa shape index (κ1) is 24.2. The largest absolute Gasteiger partial charge is 0.497 e. The maximum atomic E-state index is 12.9. The molecular formula is C19H19F3N6O4. The number of nitriles is 1. The lowest BCUT2D eigenvalue weighted by atomic mass is 10.2. The van der Waals surface area contributed by atoms with Crippen LogP contribution in [-0.4, -0.2) is 47.0 Å². The van der Waals surface area contributed by atoms with Gasteiger partial charge in [-0.1, -0.05) is 19.9 Å². The van der Waals surface area contributed by atoms with Gasteiger partial charge in [0.15, 0.2) is 5.82 Å². The number of alkyl halides is 3. The molecule has 1 N–H and O–H groups in total. The number of aromatic nitrogens is 2. The fourth-order valence-corrected chi connectivity index (χ4v) is 2.36. The highest BCUT2D eigenvalue weighted by molar-refractivity contribution is 5.91. The molecule has 32 heavy (non-hydrogen) atoms. The lowest BCUT2D eigenvalue weighted by molar-refractivity contribution is -0.229. The van der Waals surface area contributed by atoms with Crippen LogP contribution >= 0.6 is 0 Å². The van der Waals surface area contributed by atoms with Crippen LogP contribution in [0.2, 0.25) is 0 Å². The van der Waals surface area contributed by atoms with Gasteiger partial charge in [-0.2, -0.15) is 23.4 Å². The average Bonchev–Trinajstić information content (AvgIpc) is 2.75. The van der Waals surface area contributed by atoms with Crippen molar-refractivity contribution < 1.29 is 32.3 Å². The third-order valence-electron chi connectivity index (χ3n) is 3.66. The van der Waals surface area contributed by atoms with Crippen molar-refractivity contribution in [3.63, 3.8) is 0 Å². The van der Waals surface area contributed by atoms with Gasteiger partial charge in [0.1, 0.15) is 11.8 Å². The molecule has 1 heterocycles. The molecule has 2 aromatic rings. The first-order valence-electron chi connectivity index (χ1n) is 9.10. The Labute approximate surface area is 181 Å². The van der Waals surface area contributed by atoms with Crippen LogP contribution in [0.25, 0.3) is 0 Å². The number of urea groups is 1. The number of amides is 2. The number of methoxy groups -OCH3 is 1. The summed E-state index contributed by atoms with van der Waals surface area (Å²) in [5, 5.41) is 12.4. The van der Waals surface area contributed by atoms with E-state index in [1.807, 2.05) is 0 Å². The van der Waals surface area contributed by atoms with Crippen LogP contribution < -0.4 is 15.1 Å². The number of benzene rings is 1. The summed E-state index contributed by atoms with van der Waals surface area (Å²) in [5.74, 6) is -2.92. The highest BCUT2D eigenvalue weighted by Gasteiger charge is 2.45. The van der Waals surface area contributed by atoms with Crippen LogP contribution in [0.4, 0.5) is 29.5 Å². The maximum absolute atomic E-state index is 12.9. The minimum atomic E-state index is -5.37. The normalized spacial score (nSPS) is 10.8. The summed E-state index contributed by atoms with van der Waals surface area (Å²) in [6.45, 7) is 3.32. The Balaban J connectivity index is 2.48. The Kier molecular flexibility index (Phi) is 7.78. The quantitative estimate of drug-likeness (QED) is 0.663. The highest BCUT2D eigenvalue weighted by atomic mass is 19.4. The summed E-state index contributed by atoms with van der Waals surface area (Å²) < 4.78 is 43.8. The number of ether oxygens (including phenoxy) is 1. The van der Waals surface area contributed by atoms with E-state index in [1.165, 1.54) is 37.6 Å². The number of hydrogen-bond acceptors (Lipinski definition) is 8. The molecule has 170 valence electrons. The molecular weight excluding hydrogens is 433 g/mol. The van der Waals surface area contributed by atoms with Crippen molar-refractivity contribution in [2.45, 2.75) is 20.0 Å². The molecule has 1 aromatic carbocycles. The van der Waals surface area contributed by atoms with Crippen molar-refractivity contribution in [3.8, 4) is 11.8 Å². The molecule has 13 heteroatoms. The Morgan fingerprint density at radius 1 is 1.28 bits per heavy atom. The molecule has 2 amide bonds. The lowest BCUT2D eigenvalue weighted by Crippen LogP contribution is -2.53. The number of carbonyl (C=O) groups excluding carboxylic acids is 2. The lowest BCUT2D eigenvalue weighted by Gasteiger charge is -2.34. The zero-order valence-corrected chi connectivity index (χ0v) is 17.3. The van der Waals surface area contributed by atoms with Crippen molar-refractivity contribution in [1.82, 2.24) is 15.1 Å². The van der Waals surface area contributed by atoms with Gasteiger partial charge in [-0.05, 0) is 23.2 Å². The van der Waals surface area contributed by atoms with E-state index in [0.29, 0.717) is 5.75 Å². The van der Waals surface area contributed by atoms with Crippen molar-refractivity contribution >= 4 is 23.5 Å². The zero-order chi connectivity index (χ0) is 23.9. The van der Waals surface area contributed by atoms with Crippen molar-refractivity contribution in [1.29, 1.82) is 5.26 Å². The van der Waals surface area contributed by atoms with Gasteiger partial charge < -0.3 is 14.9 Å². The van der Waals surface area contributed by atoms with E-state index >= 15 is 0 Å². The standard InChI is InChI=1S/C19H19F3N6O4/c1-12(2)11-27(16-7-8-24-15(10-23)26-16)28(32-17(29)19(20,21)22)18(30)25-13-5-4-6-14(9-13)31-3/h4-9,12H,11H2,1-3H3,(H,25,30). The second-order valence-corrected chi connectivity index (χ2v) is 6.64. The Morgan fingerprint density at radius 3 is 2.59 bits per heavy atom. The first-order valence-corrected chi connectivity index (χ1v) is 9.10. The fraction of sp³-hybridized carbons (Fsp3) is 0.316. The molecule has 0 unspecified atom stereocenters. The molecule has 0 saturated heterocycles. The second kappa shape index (κ2) is 10.3. The van der Waals surface area contributed by atoms with E-state index < -0.39 is 18.2 Å². The molecule has 0 saturated carbocycles. The maximum Gasteiger partial charge on any atom is 0.493 e. The fourth-order valence-electron chi connectivity index (χ4n) is 2.36. The molecule has 0 aliphatic heterocycles. The van der Waals surface area contributed by atoms with Gasteiger partial charge >= 0.3 is 18.2 Å². The second-order valence-electron chi connectivity index (χ2n) is 6.64. The average molecular weight is 452 g/mol. The summed E-state index contributed by atoms with van der Waals surface area (Å²) in [5.41, 5.74) is 0.160. The first-order chi connectivity index (χ1) is 15.0. The minimum Gasteiger partial charge on any atom is -0.497 e. The van der Waals surface area contributed by atoms with E-state index in [-0.39, 0.29) is 35.0 Å². The monoisotopic (exact) mass is 452 g/mol. The summed E-state index contributed by atoms with van der Waals surface area (Å²) in [6.07, 6.45) is -4.20. The topological polar surface area (TPSA) is 121 Å². The smallest absolute Gasteiger partial charge is 0.493 e. The van der Waals surface area contributed by atoms with Crippen molar-refractivity contribution in [2.75, 3.05) is 24.0 Å². The third kappa shape index (κ3) is 6.46. The van der Waals surface area contributed by atoms with E-state index in [0.717, 1.165) is 5.01 Å². The summed E-state index contributed by atoms with van der Waals surface area (Å²) in [7, 11) is 1.39. The number of carbonyl (C=O) groups is 2. The summed E-state index contributed by atoms with van der Waals surface area (Å²) >= 11 is 0.